The molecule has 0 aliphatic carbocycles. The van der Waals surface area contributed by atoms with Gasteiger partial charge in [0.25, 0.3) is 0 Å². The van der Waals surface area contributed by atoms with Crippen LogP contribution in [0.2, 0.25) is 0 Å². The molecule has 6 heteroatoms. The molecule has 0 N–H and O–H groups in total. The SMILES string of the molecule is Cc1nnc(C)n1N=Cc1ccc(OCc2ccccc2)c(OCc2ccccc2)c1. The van der Waals surface area contributed by atoms with Gasteiger partial charge in [-0.15, -0.1) is 10.2 Å². The van der Waals surface area contributed by atoms with Crippen molar-refractivity contribution in [2.24, 2.45) is 5.10 Å². The van der Waals surface area contributed by atoms with Crippen LogP contribution in [0.3, 0.4) is 0 Å². The average molecular weight is 412 g/mol. The van der Waals surface area contributed by atoms with Crippen LogP contribution in [0.15, 0.2) is 84.0 Å². The van der Waals surface area contributed by atoms with Crippen LogP contribution in [-0.2, 0) is 13.2 Å². The summed E-state index contributed by atoms with van der Waals surface area (Å²) in [5.74, 6) is 2.82. The van der Waals surface area contributed by atoms with Gasteiger partial charge in [0.15, 0.2) is 23.1 Å². The Kier molecular flexibility index (Phi) is 6.38. The minimum atomic E-state index is 0.451. The van der Waals surface area contributed by atoms with E-state index in [2.05, 4.69) is 15.3 Å². The van der Waals surface area contributed by atoms with E-state index in [1.165, 1.54) is 0 Å². The zero-order chi connectivity index (χ0) is 21.5. The van der Waals surface area contributed by atoms with Gasteiger partial charge in [0.05, 0.1) is 6.21 Å². The van der Waals surface area contributed by atoms with Crippen molar-refractivity contribution in [1.29, 1.82) is 0 Å². The van der Waals surface area contributed by atoms with Gasteiger partial charge in [0.1, 0.15) is 13.2 Å². The molecule has 4 aromatic rings. The van der Waals surface area contributed by atoms with Gasteiger partial charge in [-0.05, 0) is 48.7 Å². The first-order valence-electron chi connectivity index (χ1n) is 10.1. The molecule has 0 aliphatic rings. The molecule has 0 unspecified atom stereocenters. The van der Waals surface area contributed by atoms with E-state index in [1.54, 1.807) is 10.9 Å². The maximum absolute atomic E-state index is 6.12. The van der Waals surface area contributed by atoms with E-state index in [1.807, 2.05) is 92.7 Å². The molecule has 1 aromatic heterocycles. The summed E-state index contributed by atoms with van der Waals surface area (Å²) in [5, 5.41) is 12.6. The second kappa shape index (κ2) is 9.71. The summed E-state index contributed by atoms with van der Waals surface area (Å²) in [6.45, 7) is 4.65. The lowest BCUT2D eigenvalue weighted by atomic mass is 10.2. The Balaban J connectivity index is 1.56. The van der Waals surface area contributed by atoms with Crippen molar-refractivity contribution in [2.45, 2.75) is 27.1 Å². The number of hydrogen-bond donors (Lipinski definition) is 0. The first kappa shape index (κ1) is 20.3. The second-order valence-corrected chi connectivity index (χ2v) is 7.11. The standard InChI is InChI=1S/C25H24N4O2/c1-19-27-28-20(2)29(19)26-16-23-13-14-24(30-17-21-9-5-3-6-10-21)25(15-23)31-18-22-11-7-4-8-12-22/h3-16H,17-18H2,1-2H3. The van der Waals surface area contributed by atoms with Crippen LogP contribution >= 0.6 is 0 Å². The van der Waals surface area contributed by atoms with Gasteiger partial charge in [0, 0.05) is 0 Å². The molecular formula is C25H24N4O2. The number of aromatic nitrogens is 3. The topological polar surface area (TPSA) is 61.5 Å². The molecule has 0 amide bonds. The molecule has 1 heterocycles. The highest BCUT2D eigenvalue weighted by molar-refractivity contribution is 5.80. The molecule has 31 heavy (non-hydrogen) atoms. The van der Waals surface area contributed by atoms with Crippen LogP contribution in [0.25, 0.3) is 0 Å². The Morgan fingerprint density at radius 3 is 1.87 bits per heavy atom. The van der Waals surface area contributed by atoms with Crippen molar-refractivity contribution >= 4 is 6.21 Å². The van der Waals surface area contributed by atoms with E-state index in [9.17, 15) is 0 Å². The molecular weight excluding hydrogens is 388 g/mol. The minimum absolute atomic E-state index is 0.451. The number of aryl methyl sites for hydroxylation is 2. The zero-order valence-corrected chi connectivity index (χ0v) is 17.6. The van der Waals surface area contributed by atoms with E-state index in [0.29, 0.717) is 24.7 Å². The van der Waals surface area contributed by atoms with Gasteiger partial charge in [-0.2, -0.15) is 5.10 Å². The Bertz CT molecular complexity index is 1140. The number of nitrogens with zero attached hydrogens (tertiary/aromatic N) is 4. The van der Waals surface area contributed by atoms with Crippen LogP contribution in [0, 0.1) is 13.8 Å². The molecule has 0 saturated heterocycles. The third-order valence-electron chi connectivity index (χ3n) is 4.72. The maximum atomic E-state index is 6.12. The fourth-order valence-electron chi connectivity index (χ4n) is 3.06. The summed E-state index contributed by atoms with van der Waals surface area (Å²) < 4.78 is 13.9. The lowest BCUT2D eigenvalue weighted by Crippen LogP contribution is -2.02. The van der Waals surface area contributed by atoms with E-state index < -0.39 is 0 Å². The maximum Gasteiger partial charge on any atom is 0.162 e. The lowest BCUT2D eigenvalue weighted by molar-refractivity contribution is 0.256. The van der Waals surface area contributed by atoms with E-state index in [-0.39, 0.29) is 0 Å². The highest BCUT2D eigenvalue weighted by Crippen LogP contribution is 2.29. The van der Waals surface area contributed by atoms with Crippen molar-refractivity contribution in [3.05, 3.63) is 107 Å². The smallest absolute Gasteiger partial charge is 0.162 e. The van der Waals surface area contributed by atoms with E-state index in [4.69, 9.17) is 9.47 Å². The number of benzene rings is 3. The Labute approximate surface area is 181 Å². The summed E-state index contributed by atoms with van der Waals surface area (Å²) >= 11 is 0. The molecule has 0 bridgehead atoms. The van der Waals surface area contributed by atoms with Crippen LogP contribution < -0.4 is 9.47 Å². The van der Waals surface area contributed by atoms with Gasteiger partial charge in [0.2, 0.25) is 0 Å². The van der Waals surface area contributed by atoms with Crippen LogP contribution in [0.5, 0.6) is 11.5 Å². The Hall–Kier alpha value is -3.93. The highest BCUT2D eigenvalue weighted by atomic mass is 16.5. The largest absolute Gasteiger partial charge is 0.485 e. The van der Waals surface area contributed by atoms with Gasteiger partial charge in [-0.3, -0.25) is 0 Å². The molecule has 156 valence electrons. The van der Waals surface area contributed by atoms with Crippen molar-refractivity contribution in [2.75, 3.05) is 0 Å². The lowest BCUT2D eigenvalue weighted by Gasteiger charge is -2.14. The molecule has 3 aromatic carbocycles. The molecule has 0 spiro atoms. The number of ether oxygens (including phenoxy) is 2. The van der Waals surface area contributed by atoms with Crippen molar-refractivity contribution in [1.82, 2.24) is 14.9 Å². The summed E-state index contributed by atoms with van der Waals surface area (Å²) in [4.78, 5) is 0. The third kappa shape index (κ3) is 5.36. The molecule has 0 saturated carbocycles. The van der Waals surface area contributed by atoms with Crippen molar-refractivity contribution in [3.8, 4) is 11.5 Å². The van der Waals surface area contributed by atoms with Crippen molar-refractivity contribution < 1.29 is 9.47 Å². The molecule has 0 aliphatic heterocycles. The second-order valence-electron chi connectivity index (χ2n) is 7.11. The summed E-state index contributed by atoms with van der Waals surface area (Å²) in [7, 11) is 0. The normalized spacial score (nSPS) is 11.0. The molecule has 4 rings (SSSR count). The summed E-state index contributed by atoms with van der Waals surface area (Å²) in [6, 6.07) is 25.9. The summed E-state index contributed by atoms with van der Waals surface area (Å²) in [5.41, 5.74) is 3.08. The Morgan fingerprint density at radius 2 is 1.29 bits per heavy atom. The molecule has 6 nitrogen and oxygen atoms in total. The van der Waals surface area contributed by atoms with E-state index in [0.717, 1.165) is 28.3 Å². The monoisotopic (exact) mass is 412 g/mol. The van der Waals surface area contributed by atoms with Crippen molar-refractivity contribution in [3.63, 3.8) is 0 Å². The Morgan fingerprint density at radius 1 is 0.742 bits per heavy atom. The van der Waals surface area contributed by atoms with Crippen LogP contribution in [0.4, 0.5) is 0 Å². The minimum Gasteiger partial charge on any atom is -0.485 e. The first-order chi connectivity index (χ1) is 15.2. The molecule has 0 atom stereocenters. The van der Waals surface area contributed by atoms with Crippen LogP contribution in [0.1, 0.15) is 28.3 Å². The van der Waals surface area contributed by atoms with Gasteiger partial charge in [-0.25, -0.2) is 4.68 Å². The fraction of sp³-hybridized carbons (Fsp3) is 0.160. The quantitative estimate of drug-likeness (QED) is 0.385. The molecule has 0 radical (unpaired) electrons. The number of hydrogen-bond acceptors (Lipinski definition) is 5. The van der Waals surface area contributed by atoms with Crippen LogP contribution in [-0.4, -0.2) is 21.1 Å². The molecule has 0 fully saturated rings. The predicted molar refractivity (Wildman–Crippen MR) is 120 cm³/mol. The van der Waals surface area contributed by atoms with E-state index >= 15 is 0 Å². The first-order valence-corrected chi connectivity index (χ1v) is 10.1. The van der Waals surface area contributed by atoms with Gasteiger partial charge >= 0.3 is 0 Å². The fourth-order valence-corrected chi connectivity index (χ4v) is 3.06. The number of rotatable bonds is 8. The third-order valence-corrected chi connectivity index (χ3v) is 4.72. The summed E-state index contributed by atoms with van der Waals surface area (Å²) in [6.07, 6.45) is 1.76. The highest BCUT2D eigenvalue weighted by Gasteiger charge is 2.08. The zero-order valence-electron chi connectivity index (χ0n) is 17.6. The van der Waals surface area contributed by atoms with Gasteiger partial charge < -0.3 is 9.47 Å². The average Bonchev–Trinajstić information content (AvgIpc) is 3.14. The van der Waals surface area contributed by atoms with Gasteiger partial charge in [-0.1, -0.05) is 60.7 Å². The predicted octanol–water partition coefficient (Wildman–Crippen LogP) is 4.94.